The summed E-state index contributed by atoms with van der Waals surface area (Å²) in [6.45, 7) is 15.5. The van der Waals surface area contributed by atoms with Crippen molar-refractivity contribution in [3.8, 4) is 0 Å². The lowest BCUT2D eigenvalue weighted by molar-refractivity contribution is -0.172. The molecule has 4 saturated carbocycles. The molecule has 33 heavy (non-hydrogen) atoms. The smallest absolute Gasteiger partial charge is 0.309 e. The number of carboxylic acid groups (broad SMARTS) is 1. The van der Waals surface area contributed by atoms with Crippen LogP contribution in [0.4, 0.5) is 0 Å². The van der Waals surface area contributed by atoms with Gasteiger partial charge in [-0.3, -0.25) is 9.59 Å². The Balaban J connectivity index is 1.61. The van der Waals surface area contributed by atoms with E-state index in [1.54, 1.807) is 0 Å². The lowest BCUT2D eigenvalue weighted by Crippen LogP contribution is -2.62. The van der Waals surface area contributed by atoms with E-state index in [-0.39, 0.29) is 33.9 Å². The summed E-state index contributed by atoms with van der Waals surface area (Å²) in [5.74, 6) is 0.154. The number of aliphatic hydroxyl groups is 1. The lowest BCUT2D eigenvalue weighted by Gasteiger charge is -2.68. The first-order valence-corrected chi connectivity index (χ1v) is 13.2. The summed E-state index contributed by atoms with van der Waals surface area (Å²) in [6, 6.07) is 0. The fourth-order valence-corrected chi connectivity index (χ4v) is 10.2. The third-order valence-electron chi connectivity index (χ3n) is 12.9. The predicted octanol–water partition coefficient (Wildman–Crippen LogP) is 6.02. The highest BCUT2D eigenvalue weighted by molar-refractivity contribution is 5.92. The van der Waals surface area contributed by atoms with Gasteiger partial charge in [-0.05, 0) is 92.3 Å². The van der Waals surface area contributed by atoms with Crippen LogP contribution < -0.4 is 0 Å². The fourth-order valence-electron chi connectivity index (χ4n) is 10.2. The number of carbonyl (C=O) groups excluding carboxylic acids is 1. The first kappa shape index (κ1) is 23.6. The normalized spacial score (nSPS) is 55.0. The Morgan fingerprint density at radius 3 is 2.21 bits per heavy atom. The SMILES string of the molecule is CC1(C(=O)O)CCC2(C)CCC3(C)C(=CCC4C5(C)C(O)C(=O)C(C)(C)C5CCC43C)C2C1. The number of fused-ring (bicyclic) bond motifs is 7. The number of allylic oxidation sites excluding steroid dienone is 2. The van der Waals surface area contributed by atoms with Crippen LogP contribution in [0.15, 0.2) is 11.6 Å². The number of hydrogen-bond donors (Lipinski definition) is 2. The van der Waals surface area contributed by atoms with Crippen molar-refractivity contribution in [2.45, 2.75) is 106 Å². The van der Waals surface area contributed by atoms with Crippen molar-refractivity contribution >= 4 is 11.8 Å². The molecule has 0 aromatic rings. The highest BCUT2D eigenvalue weighted by atomic mass is 16.4. The quantitative estimate of drug-likeness (QED) is 0.473. The van der Waals surface area contributed by atoms with E-state index in [1.807, 2.05) is 20.8 Å². The van der Waals surface area contributed by atoms with Gasteiger partial charge in [-0.2, -0.15) is 0 Å². The number of rotatable bonds is 1. The van der Waals surface area contributed by atoms with E-state index < -0.39 is 28.3 Å². The number of aliphatic carboxylic acids is 1. The zero-order valence-corrected chi connectivity index (χ0v) is 21.8. The number of aliphatic hydroxyl groups excluding tert-OH is 1. The largest absolute Gasteiger partial charge is 0.481 e. The maximum Gasteiger partial charge on any atom is 0.309 e. The van der Waals surface area contributed by atoms with Crippen LogP contribution in [-0.4, -0.2) is 28.1 Å². The molecule has 5 aliphatic rings. The van der Waals surface area contributed by atoms with Crippen molar-refractivity contribution in [2.24, 2.45) is 50.2 Å². The van der Waals surface area contributed by atoms with E-state index in [2.05, 4.69) is 33.8 Å². The third-order valence-corrected chi connectivity index (χ3v) is 12.9. The topological polar surface area (TPSA) is 74.6 Å². The molecule has 4 heteroatoms. The van der Waals surface area contributed by atoms with Gasteiger partial charge in [-0.25, -0.2) is 0 Å². The molecule has 9 atom stereocenters. The lowest BCUT2D eigenvalue weighted by atomic mass is 9.35. The van der Waals surface area contributed by atoms with E-state index in [1.165, 1.54) is 5.57 Å². The molecule has 0 radical (unpaired) electrons. The molecule has 2 N–H and O–H groups in total. The first-order chi connectivity index (χ1) is 15.1. The average molecular weight is 457 g/mol. The van der Waals surface area contributed by atoms with Gasteiger partial charge in [0.1, 0.15) is 6.10 Å². The molecule has 184 valence electrons. The van der Waals surface area contributed by atoms with Crippen LogP contribution in [0, 0.1) is 50.2 Å². The maximum absolute atomic E-state index is 13.2. The van der Waals surface area contributed by atoms with Crippen molar-refractivity contribution in [1.82, 2.24) is 0 Å². The van der Waals surface area contributed by atoms with Crippen LogP contribution in [0.5, 0.6) is 0 Å². The van der Waals surface area contributed by atoms with E-state index in [9.17, 15) is 19.8 Å². The summed E-state index contributed by atoms with van der Waals surface area (Å²) >= 11 is 0. The number of carboxylic acids is 1. The standard InChI is InChI=1S/C29H44O4/c1-24(2)19-10-11-28(6)20(29(19,7)22(31)21(24)30)9-8-17-18-16-26(4,23(32)33)13-12-25(18,3)14-15-27(17,28)5/h8,18-20,22,31H,9-16H2,1-7H3,(H,32,33). The van der Waals surface area contributed by atoms with Gasteiger partial charge in [0.15, 0.2) is 5.78 Å². The summed E-state index contributed by atoms with van der Waals surface area (Å²) in [5, 5.41) is 21.4. The minimum atomic E-state index is -0.889. The van der Waals surface area contributed by atoms with Gasteiger partial charge in [-0.1, -0.05) is 53.2 Å². The zero-order valence-electron chi connectivity index (χ0n) is 21.8. The molecule has 0 amide bonds. The molecular formula is C29H44O4. The molecule has 4 nitrogen and oxygen atoms in total. The zero-order chi connectivity index (χ0) is 24.4. The molecule has 0 spiro atoms. The second-order valence-electron chi connectivity index (χ2n) is 14.4. The molecule has 4 fully saturated rings. The monoisotopic (exact) mass is 456 g/mol. The van der Waals surface area contributed by atoms with Crippen LogP contribution in [0.2, 0.25) is 0 Å². The van der Waals surface area contributed by atoms with Gasteiger partial charge in [-0.15, -0.1) is 0 Å². The van der Waals surface area contributed by atoms with Crippen molar-refractivity contribution in [3.05, 3.63) is 11.6 Å². The number of carbonyl (C=O) groups is 2. The number of ketones is 1. The molecule has 0 aromatic heterocycles. The Labute approximate surface area is 199 Å². The summed E-state index contributed by atoms with van der Waals surface area (Å²) in [5.41, 5.74) is 0.142. The third kappa shape index (κ3) is 2.57. The van der Waals surface area contributed by atoms with E-state index in [4.69, 9.17) is 0 Å². The van der Waals surface area contributed by atoms with Crippen molar-refractivity contribution in [1.29, 1.82) is 0 Å². The van der Waals surface area contributed by atoms with Crippen molar-refractivity contribution < 1.29 is 19.8 Å². The van der Waals surface area contributed by atoms with Crippen LogP contribution in [0.25, 0.3) is 0 Å². The van der Waals surface area contributed by atoms with Crippen molar-refractivity contribution in [3.63, 3.8) is 0 Å². The molecule has 9 unspecified atom stereocenters. The second-order valence-corrected chi connectivity index (χ2v) is 14.4. The van der Waals surface area contributed by atoms with Crippen LogP contribution in [0.1, 0.15) is 99.8 Å². The molecular weight excluding hydrogens is 412 g/mol. The van der Waals surface area contributed by atoms with E-state index >= 15 is 0 Å². The number of hydrogen-bond acceptors (Lipinski definition) is 3. The Kier molecular flexibility index (Phi) is 4.67. The fraction of sp³-hybridized carbons (Fsp3) is 0.862. The number of Topliss-reactive ketones (excluding diaryl/α,β-unsaturated/α-hetero) is 1. The summed E-state index contributed by atoms with van der Waals surface area (Å²) in [4.78, 5) is 25.4. The molecule has 0 aromatic carbocycles. The predicted molar refractivity (Wildman–Crippen MR) is 128 cm³/mol. The second kappa shape index (κ2) is 6.53. The van der Waals surface area contributed by atoms with Gasteiger partial charge >= 0.3 is 5.97 Å². The Morgan fingerprint density at radius 2 is 1.58 bits per heavy atom. The summed E-state index contributed by atoms with van der Waals surface area (Å²) in [6.07, 6.45) is 9.26. The highest BCUT2D eigenvalue weighted by Gasteiger charge is 2.72. The van der Waals surface area contributed by atoms with Gasteiger partial charge in [0.05, 0.1) is 5.41 Å². The minimum Gasteiger partial charge on any atom is -0.481 e. The summed E-state index contributed by atoms with van der Waals surface area (Å²) < 4.78 is 0. The molecule has 0 bridgehead atoms. The van der Waals surface area contributed by atoms with Gasteiger partial charge in [0.25, 0.3) is 0 Å². The van der Waals surface area contributed by atoms with Gasteiger partial charge in [0.2, 0.25) is 0 Å². The van der Waals surface area contributed by atoms with Crippen molar-refractivity contribution in [2.75, 3.05) is 0 Å². The van der Waals surface area contributed by atoms with Gasteiger partial charge in [0, 0.05) is 10.8 Å². The molecule has 5 aliphatic carbocycles. The van der Waals surface area contributed by atoms with E-state index in [0.717, 1.165) is 51.4 Å². The minimum absolute atomic E-state index is 0.00240. The molecule has 5 rings (SSSR count). The van der Waals surface area contributed by atoms with Crippen LogP contribution in [0.3, 0.4) is 0 Å². The average Bonchev–Trinajstić information content (AvgIpc) is 2.87. The Morgan fingerprint density at radius 1 is 0.939 bits per heavy atom. The highest BCUT2D eigenvalue weighted by Crippen LogP contribution is 2.76. The van der Waals surface area contributed by atoms with Crippen LogP contribution in [-0.2, 0) is 9.59 Å². The first-order valence-electron chi connectivity index (χ1n) is 13.2. The van der Waals surface area contributed by atoms with Gasteiger partial charge < -0.3 is 10.2 Å². The molecule has 0 saturated heterocycles. The van der Waals surface area contributed by atoms with E-state index in [0.29, 0.717) is 5.92 Å². The summed E-state index contributed by atoms with van der Waals surface area (Å²) in [7, 11) is 0. The Bertz CT molecular complexity index is 949. The molecule has 0 aliphatic heterocycles. The molecule has 0 heterocycles. The Hall–Kier alpha value is -1.16. The maximum atomic E-state index is 13.2. The van der Waals surface area contributed by atoms with Crippen LogP contribution >= 0.6 is 0 Å².